The Hall–Kier alpha value is -3.84. The largest absolute Gasteiger partial charge is 0.494 e. The Balaban J connectivity index is 1.52. The van der Waals surface area contributed by atoms with Crippen LogP contribution in [0.1, 0.15) is 37.4 Å². The first-order chi connectivity index (χ1) is 17.2. The van der Waals surface area contributed by atoms with Crippen LogP contribution in [0.15, 0.2) is 89.5 Å². The third kappa shape index (κ3) is 4.72. The molecule has 35 heavy (non-hydrogen) atoms. The van der Waals surface area contributed by atoms with Crippen LogP contribution in [0.5, 0.6) is 11.5 Å². The molecular formula is C28H27N3O3S. The summed E-state index contributed by atoms with van der Waals surface area (Å²) in [5.41, 5.74) is 2.83. The number of nitrogens with one attached hydrogen (secondary N) is 1. The van der Waals surface area contributed by atoms with Gasteiger partial charge in [0.15, 0.2) is 5.11 Å². The van der Waals surface area contributed by atoms with E-state index in [1.165, 1.54) is 0 Å². The number of rotatable bonds is 8. The van der Waals surface area contributed by atoms with Crippen LogP contribution in [0.25, 0.3) is 11.3 Å². The Bertz CT molecular complexity index is 1270. The van der Waals surface area contributed by atoms with Crippen LogP contribution in [0, 0.1) is 0 Å². The maximum atomic E-state index is 6.43. The first-order valence-corrected chi connectivity index (χ1v) is 12.1. The molecule has 1 aliphatic heterocycles. The smallest absolute Gasteiger partial charge is 0.174 e. The van der Waals surface area contributed by atoms with Crippen molar-refractivity contribution >= 4 is 23.0 Å². The molecule has 1 aliphatic rings. The summed E-state index contributed by atoms with van der Waals surface area (Å²) in [4.78, 5) is 6.69. The van der Waals surface area contributed by atoms with Crippen LogP contribution in [0.3, 0.4) is 0 Å². The van der Waals surface area contributed by atoms with Crippen LogP contribution in [-0.4, -0.2) is 23.3 Å². The minimum Gasteiger partial charge on any atom is -0.494 e. The number of aromatic nitrogens is 1. The number of hydrogen-bond acceptors (Lipinski definition) is 5. The third-order valence-electron chi connectivity index (χ3n) is 5.89. The van der Waals surface area contributed by atoms with Gasteiger partial charge in [0.1, 0.15) is 29.1 Å². The SMILES string of the molecule is CCOc1ccc(-c2ccc([C@@H]3[C@@H](c4ccccn4)NC(=S)N3c3ccc(OCC)cc3)o2)cc1. The quantitative estimate of drug-likeness (QED) is 0.293. The van der Waals surface area contributed by atoms with Crippen LogP contribution >= 0.6 is 12.2 Å². The normalized spacial score (nSPS) is 17.3. The lowest BCUT2D eigenvalue weighted by Gasteiger charge is -2.26. The van der Waals surface area contributed by atoms with E-state index in [-0.39, 0.29) is 12.1 Å². The van der Waals surface area contributed by atoms with Crippen LogP contribution in [0.2, 0.25) is 0 Å². The molecule has 178 valence electrons. The summed E-state index contributed by atoms with van der Waals surface area (Å²) in [6, 6.07) is 25.4. The molecule has 3 heterocycles. The number of thiocarbonyl (C=S) groups is 1. The fraction of sp³-hybridized carbons (Fsp3) is 0.214. The molecule has 0 radical (unpaired) electrons. The Kier molecular flexibility index (Phi) is 6.68. The number of hydrogen-bond donors (Lipinski definition) is 1. The highest BCUT2D eigenvalue weighted by atomic mass is 32.1. The Morgan fingerprint density at radius 2 is 1.57 bits per heavy atom. The summed E-state index contributed by atoms with van der Waals surface area (Å²) in [7, 11) is 0. The van der Waals surface area contributed by atoms with Gasteiger partial charge in [0.2, 0.25) is 0 Å². The second-order valence-electron chi connectivity index (χ2n) is 8.08. The summed E-state index contributed by atoms with van der Waals surface area (Å²) in [5.74, 6) is 3.24. The van der Waals surface area contributed by atoms with E-state index in [9.17, 15) is 0 Å². The van der Waals surface area contributed by atoms with Gasteiger partial charge in [0, 0.05) is 17.4 Å². The first kappa shape index (κ1) is 22.9. The lowest BCUT2D eigenvalue weighted by Crippen LogP contribution is -2.29. The van der Waals surface area contributed by atoms with E-state index in [0.717, 1.165) is 40.0 Å². The Labute approximate surface area is 210 Å². The van der Waals surface area contributed by atoms with Gasteiger partial charge in [-0.25, -0.2) is 0 Å². The summed E-state index contributed by atoms with van der Waals surface area (Å²) in [5, 5.41) is 4.08. The van der Waals surface area contributed by atoms with Gasteiger partial charge in [-0.1, -0.05) is 6.07 Å². The van der Waals surface area contributed by atoms with E-state index < -0.39 is 0 Å². The van der Waals surface area contributed by atoms with E-state index in [2.05, 4.69) is 15.2 Å². The minimum atomic E-state index is -0.216. The lowest BCUT2D eigenvalue weighted by atomic mass is 10.0. The second-order valence-corrected chi connectivity index (χ2v) is 8.47. The van der Waals surface area contributed by atoms with Gasteiger partial charge in [0.05, 0.1) is 24.9 Å². The van der Waals surface area contributed by atoms with E-state index in [1.54, 1.807) is 6.20 Å². The highest BCUT2D eigenvalue weighted by Crippen LogP contribution is 2.43. The van der Waals surface area contributed by atoms with Crippen molar-refractivity contribution in [1.29, 1.82) is 0 Å². The molecule has 0 bridgehead atoms. The first-order valence-electron chi connectivity index (χ1n) is 11.7. The standard InChI is InChI=1S/C28H27N3O3S/c1-3-32-21-12-8-19(9-13-21)24-16-17-25(34-24)27-26(23-7-5-6-18-29-23)30-28(35)31(27)20-10-14-22(15-11-20)33-4-2/h5-18,26-27H,3-4H2,1-2H3,(H,30,35)/t26-,27-/m1/s1. The monoisotopic (exact) mass is 485 g/mol. The molecule has 1 fully saturated rings. The molecule has 2 aromatic heterocycles. The molecule has 0 saturated carbocycles. The summed E-state index contributed by atoms with van der Waals surface area (Å²) >= 11 is 5.80. The Morgan fingerprint density at radius 1 is 0.886 bits per heavy atom. The fourth-order valence-electron chi connectivity index (χ4n) is 4.34. The van der Waals surface area contributed by atoms with Crippen molar-refractivity contribution in [1.82, 2.24) is 10.3 Å². The lowest BCUT2D eigenvalue weighted by molar-refractivity contribution is 0.340. The van der Waals surface area contributed by atoms with Crippen molar-refractivity contribution in [2.75, 3.05) is 18.1 Å². The minimum absolute atomic E-state index is 0.172. The predicted molar refractivity (Wildman–Crippen MR) is 141 cm³/mol. The molecule has 5 rings (SSSR count). The van der Waals surface area contributed by atoms with Crippen molar-refractivity contribution in [3.8, 4) is 22.8 Å². The molecule has 6 nitrogen and oxygen atoms in total. The molecule has 4 aromatic rings. The molecule has 1 saturated heterocycles. The second kappa shape index (κ2) is 10.2. The van der Waals surface area contributed by atoms with Crippen molar-refractivity contribution in [3.63, 3.8) is 0 Å². The zero-order valence-corrected chi connectivity index (χ0v) is 20.5. The van der Waals surface area contributed by atoms with Crippen molar-refractivity contribution in [2.45, 2.75) is 25.9 Å². The number of ether oxygens (including phenoxy) is 2. The topological polar surface area (TPSA) is 59.8 Å². The summed E-state index contributed by atoms with van der Waals surface area (Å²) in [6.07, 6.45) is 1.80. The predicted octanol–water partition coefficient (Wildman–Crippen LogP) is 6.32. The Morgan fingerprint density at radius 3 is 2.20 bits per heavy atom. The van der Waals surface area contributed by atoms with Gasteiger partial charge in [-0.3, -0.25) is 4.98 Å². The van der Waals surface area contributed by atoms with Crippen LogP contribution in [0.4, 0.5) is 5.69 Å². The number of furan rings is 1. The summed E-state index contributed by atoms with van der Waals surface area (Å²) < 4.78 is 17.6. The van der Waals surface area contributed by atoms with Gasteiger partial charge in [-0.15, -0.1) is 0 Å². The average Bonchev–Trinajstić information content (AvgIpc) is 3.51. The fourth-order valence-corrected chi connectivity index (χ4v) is 4.69. The number of anilines is 1. The van der Waals surface area contributed by atoms with Crippen LogP contribution < -0.4 is 19.7 Å². The molecule has 2 aromatic carbocycles. The van der Waals surface area contributed by atoms with Crippen molar-refractivity contribution in [3.05, 3.63) is 96.5 Å². The van der Waals surface area contributed by atoms with Gasteiger partial charge in [-0.05, 0) is 98.9 Å². The maximum Gasteiger partial charge on any atom is 0.174 e. The highest BCUT2D eigenvalue weighted by molar-refractivity contribution is 7.80. The number of pyridine rings is 1. The zero-order chi connectivity index (χ0) is 24.2. The maximum absolute atomic E-state index is 6.43. The molecule has 7 heteroatoms. The van der Waals surface area contributed by atoms with E-state index in [4.69, 9.17) is 26.1 Å². The molecular weight excluding hydrogens is 458 g/mol. The van der Waals surface area contributed by atoms with Crippen molar-refractivity contribution in [2.24, 2.45) is 0 Å². The summed E-state index contributed by atoms with van der Waals surface area (Å²) in [6.45, 7) is 5.20. The van der Waals surface area contributed by atoms with Gasteiger partial charge < -0.3 is 24.1 Å². The molecule has 0 spiro atoms. The highest BCUT2D eigenvalue weighted by Gasteiger charge is 2.42. The third-order valence-corrected chi connectivity index (χ3v) is 6.21. The molecule has 0 unspecified atom stereocenters. The van der Waals surface area contributed by atoms with Gasteiger partial charge in [-0.2, -0.15) is 0 Å². The molecule has 1 N–H and O–H groups in total. The van der Waals surface area contributed by atoms with Gasteiger partial charge in [0.25, 0.3) is 0 Å². The zero-order valence-electron chi connectivity index (χ0n) is 19.7. The van der Waals surface area contributed by atoms with Crippen LogP contribution in [-0.2, 0) is 0 Å². The number of nitrogens with zero attached hydrogens (tertiary/aromatic N) is 2. The van der Waals surface area contributed by atoms with Crippen molar-refractivity contribution < 1.29 is 13.9 Å². The average molecular weight is 486 g/mol. The molecule has 0 aliphatic carbocycles. The van der Waals surface area contributed by atoms with E-state index in [1.807, 2.05) is 92.7 Å². The molecule has 0 amide bonds. The molecule has 2 atom stereocenters. The van der Waals surface area contributed by atoms with E-state index >= 15 is 0 Å². The van der Waals surface area contributed by atoms with Gasteiger partial charge >= 0.3 is 0 Å². The van der Waals surface area contributed by atoms with E-state index in [0.29, 0.717) is 18.3 Å². The number of benzene rings is 2.